The van der Waals surface area contributed by atoms with Crippen molar-refractivity contribution in [2.75, 3.05) is 38.3 Å². The zero-order chi connectivity index (χ0) is 15.2. The Morgan fingerprint density at radius 3 is 2.90 bits per heavy atom. The van der Waals surface area contributed by atoms with Crippen molar-refractivity contribution >= 4 is 5.82 Å². The molecule has 1 N–H and O–H groups in total. The van der Waals surface area contributed by atoms with E-state index in [-0.39, 0.29) is 0 Å². The number of nitrogens with zero attached hydrogens (tertiary/aromatic N) is 3. The predicted molar refractivity (Wildman–Crippen MR) is 86.8 cm³/mol. The summed E-state index contributed by atoms with van der Waals surface area (Å²) in [4.78, 5) is 2.52. The van der Waals surface area contributed by atoms with Crippen molar-refractivity contribution in [3.8, 4) is 0 Å². The van der Waals surface area contributed by atoms with E-state index in [9.17, 15) is 0 Å². The van der Waals surface area contributed by atoms with Crippen LogP contribution in [0.4, 0.5) is 5.82 Å². The molecule has 0 saturated carbocycles. The van der Waals surface area contributed by atoms with E-state index >= 15 is 0 Å². The molecule has 1 aromatic rings. The van der Waals surface area contributed by atoms with Crippen molar-refractivity contribution in [3.63, 3.8) is 0 Å². The molecule has 5 nitrogen and oxygen atoms in total. The Bertz CT molecular complexity index is 444. The van der Waals surface area contributed by atoms with E-state index in [4.69, 9.17) is 4.74 Å². The number of aryl methyl sites for hydroxylation is 2. The minimum absolute atomic E-state index is 0.746. The molecule has 1 aromatic heterocycles. The molecule has 2 heterocycles. The van der Waals surface area contributed by atoms with Crippen LogP contribution in [0.2, 0.25) is 0 Å². The molecule has 0 bridgehead atoms. The van der Waals surface area contributed by atoms with Crippen LogP contribution in [0.5, 0.6) is 0 Å². The Morgan fingerprint density at radius 2 is 2.14 bits per heavy atom. The van der Waals surface area contributed by atoms with Crippen molar-refractivity contribution in [3.05, 3.63) is 11.3 Å². The number of nitrogens with one attached hydrogen (secondary N) is 1. The van der Waals surface area contributed by atoms with Crippen molar-refractivity contribution in [2.24, 2.45) is 13.0 Å². The van der Waals surface area contributed by atoms with Crippen LogP contribution in [0.15, 0.2) is 0 Å². The molecule has 0 aliphatic carbocycles. The van der Waals surface area contributed by atoms with E-state index in [0.29, 0.717) is 0 Å². The van der Waals surface area contributed by atoms with Crippen molar-refractivity contribution in [1.82, 2.24) is 15.1 Å². The van der Waals surface area contributed by atoms with Gasteiger partial charge in [0.25, 0.3) is 0 Å². The van der Waals surface area contributed by atoms with Gasteiger partial charge in [-0.15, -0.1) is 0 Å². The SMILES string of the molecule is COCCNCc1c(C)nn(C)c1N1CCCC(C)CC1. The van der Waals surface area contributed by atoms with E-state index in [1.54, 1.807) is 7.11 Å². The lowest BCUT2D eigenvalue weighted by molar-refractivity contribution is 0.199. The second kappa shape index (κ2) is 7.80. The van der Waals surface area contributed by atoms with Gasteiger partial charge in [0.2, 0.25) is 0 Å². The van der Waals surface area contributed by atoms with Crippen LogP contribution in [-0.2, 0) is 18.3 Å². The van der Waals surface area contributed by atoms with E-state index in [1.165, 1.54) is 30.6 Å². The minimum Gasteiger partial charge on any atom is -0.383 e. The maximum Gasteiger partial charge on any atom is 0.131 e. The molecule has 1 unspecified atom stereocenters. The van der Waals surface area contributed by atoms with Crippen LogP contribution in [0.1, 0.15) is 37.4 Å². The molecular weight excluding hydrogens is 264 g/mol. The Morgan fingerprint density at radius 1 is 1.33 bits per heavy atom. The summed E-state index contributed by atoms with van der Waals surface area (Å²) in [6.07, 6.45) is 3.90. The van der Waals surface area contributed by atoms with Crippen molar-refractivity contribution in [2.45, 2.75) is 39.7 Å². The van der Waals surface area contributed by atoms with Crippen molar-refractivity contribution in [1.29, 1.82) is 0 Å². The van der Waals surface area contributed by atoms with Gasteiger partial charge < -0.3 is 15.0 Å². The maximum absolute atomic E-state index is 5.10. The highest BCUT2D eigenvalue weighted by molar-refractivity contribution is 5.50. The number of methoxy groups -OCH3 is 1. The molecule has 0 aromatic carbocycles. The number of aromatic nitrogens is 2. The second-order valence-corrected chi connectivity index (χ2v) is 6.20. The molecule has 0 amide bonds. The van der Waals surface area contributed by atoms with Gasteiger partial charge in [-0.25, -0.2) is 0 Å². The van der Waals surface area contributed by atoms with Gasteiger partial charge in [-0.3, -0.25) is 4.68 Å². The topological polar surface area (TPSA) is 42.3 Å². The first kappa shape index (κ1) is 16.3. The van der Waals surface area contributed by atoms with Gasteiger partial charge in [0.1, 0.15) is 5.82 Å². The lowest BCUT2D eigenvalue weighted by Gasteiger charge is -2.24. The Labute approximate surface area is 128 Å². The molecule has 120 valence electrons. The zero-order valence-corrected chi connectivity index (χ0v) is 14.0. The quantitative estimate of drug-likeness (QED) is 0.816. The van der Waals surface area contributed by atoms with Gasteiger partial charge >= 0.3 is 0 Å². The first-order chi connectivity index (χ1) is 10.1. The third kappa shape index (κ3) is 4.20. The molecule has 1 aliphatic heterocycles. The fourth-order valence-electron chi connectivity index (χ4n) is 3.15. The number of ether oxygens (including phenoxy) is 1. The standard InChI is InChI=1S/C16H30N4O/c1-13-6-5-9-20(10-7-13)16-15(12-17-8-11-21-4)14(2)18-19(16)3/h13,17H,5-12H2,1-4H3. The fraction of sp³-hybridized carbons (Fsp3) is 0.812. The predicted octanol–water partition coefficient (Wildman–Crippen LogP) is 2.09. The second-order valence-electron chi connectivity index (χ2n) is 6.20. The highest BCUT2D eigenvalue weighted by Crippen LogP contribution is 2.27. The lowest BCUT2D eigenvalue weighted by Crippen LogP contribution is -2.28. The molecule has 5 heteroatoms. The maximum atomic E-state index is 5.10. The minimum atomic E-state index is 0.746. The van der Waals surface area contributed by atoms with Crippen LogP contribution in [0, 0.1) is 12.8 Å². The number of anilines is 1. The van der Waals surface area contributed by atoms with Crippen LogP contribution in [0.25, 0.3) is 0 Å². The third-order valence-corrected chi connectivity index (χ3v) is 4.41. The number of hydrogen-bond donors (Lipinski definition) is 1. The summed E-state index contributed by atoms with van der Waals surface area (Å²) in [6, 6.07) is 0. The largest absolute Gasteiger partial charge is 0.383 e. The van der Waals surface area contributed by atoms with Crippen LogP contribution < -0.4 is 10.2 Å². The summed E-state index contributed by atoms with van der Waals surface area (Å²) in [6.45, 7) is 9.25. The van der Waals surface area contributed by atoms with E-state index in [1.807, 2.05) is 0 Å². The van der Waals surface area contributed by atoms with Gasteiger partial charge in [0.15, 0.2) is 0 Å². The zero-order valence-electron chi connectivity index (χ0n) is 14.0. The molecule has 21 heavy (non-hydrogen) atoms. The first-order valence-electron chi connectivity index (χ1n) is 8.10. The van der Waals surface area contributed by atoms with Crippen LogP contribution in [0.3, 0.4) is 0 Å². The highest BCUT2D eigenvalue weighted by Gasteiger charge is 2.21. The fourth-order valence-corrected chi connectivity index (χ4v) is 3.15. The van der Waals surface area contributed by atoms with Gasteiger partial charge in [0.05, 0.1) is 12.3 Å². The molecule has 0 radical (unpaired) electrons. The summed E-state index contributed by atoms with van der Waals surface area (Å²) in [5.41, 5.74) is 2.47. The van der Waals surface area contributed by atoms with Crippen LogP contribution in [-0.4, -0.2) is 43.1 Å². The summed E-state index contributed by atoms with van der Waals surface area (Å²) in [5, 5.41) is 8.09. The van der Waals surface area contributed by atoms with E-state index < -0.39 is 0 Å². The molecule has 1 fully saturated rings. The summed E-state index contributed by atoms with van der Waals surface area (Å²) in [7, 11) is 3.80. The Balaban J connectivity index is 2.10. The Kier molecular flexibility index (Phi) is 6.06. The monoisotopic (exact) mass is 294 g/mol. The first-order valence-corrected chi connectivity index (χ1v) is 8.10. The average molecular weight is 294 g/mol. The van der Waals surface area contributed by atoms with Gasteiger partial charge in [-0.2, -0.15) is 5.10 Å². The molecule has 2 rings (SSSR count). The lowest BCUT2D eigenvalue weighted by atomic mass is 10.0. The average Bonchev–Trinajstić information content (AvgIpc) is 2.62. The summed E-state index contributed by atoms with van der Waals surface area (Å²) < 4.78 is 7.15. The summed E-state index contributed by atoms with van der Waals surface area (Å²) in [5.74, 6) is 2.14. The number of hydrogen-bond acceptors (Lipinski definition) is 4. The molecule has 1 aliphatic rings. The van der Waals surface area contributed by atoms with Crippen LogP contribution >= 0.6 is 0 Å². The Hall–Kier alpha value is -1.07. The molecule has 1 atom stereocenters. The van der Waals surface area contributed by atoms with E-state index in [0.717, 1.165) is 44.4 Å². The molecule has 1 saturated heterocycles. The smallest absolute Gasteiger partial charge is 0.131 e. The number of rotatable bonds is 6. The van der Waals surface area contributed by atoms with E-state index in [2.05, 4.69) is 40.9 Å². The van der Waals surface area contributed by atoms with Gasteiger partial charge in [-0.05, 0) is 32.1 Å². The van der Waals surface area contributed by atoms with Gasteiger partial charge in [0, 0.05) is 45.9 Å². The highest BCUT2D eigenvalue weighted by atomic mass is 16.5. The molecule has 0 spiro atoms. The third-order valence-electron chi connectivity index (χ3n) is 4.41. The normalized spacial score (nSPS) is 19.8. The van der Waals surface area contributed by atoms with Gasteiger partial charge in [-0.1, -0.05) is 6.92 Å². The van der Waals surface area contributed by atoms with Crippen molar-refractivity contribution < 1.29 is 4.74 Å². The molecular formula is C16H30N4O. The summed E-state index contributed by atoms with van der Waals surface area (Å²) >= 11 is 0.